The SMILES string of the molecule is C[C@H]1CC2(CCN1Cc1cnn(-c3ccccc3)c1)OC(C(N)=O)c1ccc(Cl)cc12. The van der Waals surface area contributed by atoms with E-state index in [1.807, 2.05) is 53.3 Å². The number of ether oxygens (including phenoxy) is 1. The summed E-state index contributed by atoms with van der Waals surface area (Å²) in [6.07, 6.45) is 4.85. The summed E-state index contributed by atoms with van der Waals surface area (Å²) < 4.78 is 8.24. The lowest BCUT2D eigenvalue weighted by molar-refractivity contribution is -0.151. The number of carbonyl (C=O) groups excluding carboxylic acids is 1. The predicted octanol–water partition coefficient (Wildman–Crippen LogP) is 3.96. The Morgan fingerprint density at radius 3 is 2.84 bits per heavy atom. The van der Waals surface area contributed by atoms with E-state index in [0.717, 1.165) is 48.3 Å². The van der Waals surface area contributed by atoms with E-state index in [9.17, 15) is 4.79 Å². The van der Waals surface area contributed by atoms with Crippen LogP contribution in [0.4, 0.5) is 0 Å². The summed E-state index contributed by atoms with van der Waals surface area (Å²) in [6.45, 7) is 3.86. The number of halogens is 1. The molecule has 0 radical (unpaired) electrons. The van der Waals surface area contributed by atoms with E-state index in [-0.39, 0.29) is 6.04 Å². The summed E-state index contributed by atoms with van der Waals surface area (Å²) in [5.41, 5.74) is 9.18. The minimum absolute atomic E-state index is 0.257. The first-order valence-corrected chi connectivity index (χ1v) is 10.9. The molecule has 3 heterocycles. The highest BCUT2D eigenvalue weighted by molar-refractivity contribution is 6.30. The zero-order valence-electron chi connectivity index (χ0n) is 17.4. The van der Waals surface area contributed by atoms with Gasteiger partial charge < -0.3 is 10.5 Å². The zero-order chi connectivity index (χ0) is 21.6. The molecule has 7 heteroatoms. The van der Waals surface area contributed by atoms with Gasteiger partial charge >= 0.3 is 0 Å². The molecule has 1 amide bonds. The van der Waals surface area contributed by atoms with Crippen LogP contribution in [-0.2, 0) is 21.7 Å². The Hall–Kier alpha value is -2.67. The number of hydrogen-bond acceptors (Lipinski definition) is 4. The predicted molar refractivity (Wildman–Crippen MR) is 119 cm³/mol. The van der Waals surface area contributed by atoms with E-state index in [1.54, 1.807) is 6.07 Å². The van der Waals surface area contributed by atoms with Crippen molar-refractivity contribution in [3.05, 3.63) is 82.6 Å². The Kier molecular flexibility index (Phi) is 5.08. The lowest BCUT2D eigenvalue weighted by Gasteiger charge is -2.43. The first kappa shape index (κ1) is 20.2. The molecule has 1 spiro atoms. The van der Waals surface area contributed by atoms with Crippen LogP contribution < -0.4 is 5.73 Å². The average molecular weight is 437 g/mol. The molecule has 3 aromatic rings. The Balaban J connectivity index is 1.34. The highest BCUT2D eigenvalue weighted by Gasteiger charge is 2.50. The minimum Gasteiger partial charge on any atom is -0.367 e. The maximum absolute atomic E-state index is 12.0. The van der Waals surface area contributed by atoms with Crippen LogP contribution in [-0.4, -0.2) is 33.2 Å². The highest BCUT2D eigenvalue weighted by Crippen LogP contribution is 2.51. The van der Waals surface area contributed by atoms with Gasteiger partial charge in [0.05, 0.1) is 17.5 Å². The summed E-state index contributed by atoms with van der Waals surface area (Å²) in [7, 11) is 0. The van der Waals surface area contributed by atoms with E-state index in [1.165, 1.54) is 0 Å². The summed E-state index contributed by atoms with van der Waals surface area (Å²) >= 11 is 6.29. The molecule has 1 fully saturated rings. The van der Waals surface area contributed by atoms with Crippen LogP contribution in [0, 0.1) is 0 Å². The summed E-state index contributed by atoms with van der Waals surface area (Å²) in [5.74, 6) is -0.455. The number of nitrogens with zero attached hydrogens (tertiary/aromatic N) is 3. The Labute approximate surface area is 186 Å². The molecule has 1 aromatic heterocycles. The molecule has 0 saturated carbocycles. The molecule has 2 unspecified atom stereocenters. The van der Waals surface area contributed by atoms with Gasteiger partial charge in [0, 0.05) is 35.9 Å². The lowest BCUT2D eigenvalue weighted by atomic mass is 9.80. The fourth-order valence-electron chi connectivity index (χ4n) is 4.95. The second-order valence-corrected chi connectivity index (χ2v) is 8.96. The molecule has 31 heavy (non-hydrogen) atoms. The smallest absolute Gasteiger partial charge is 0.251 e. The van der Waals surface area contributed by atoms with Gasteiger partial charge in [-0.15, -0.1) is 0 Å². The number of rotatable bonds is 4. The molecule has 6 nitrogen and oxygen atoms in total. The Morgan fingerprint density at radius 2 is 2.10 bits per heavy atom. The highest BCUT2D eigenvalue weighted by atomic mass is 35.5. The van der Waals surface area contributed by atoms with Gasteiger partial charge in [-0.3, -0.25) is 9.69 Å². The van der Waals surface area contributed by atoms with E-state index in [4.69, 9.17) is 22.1 Å². The molecular weight excluding hydrogens is 412 g/mol. The van der Waals surface area contributed by atoms with Crippen molar-refractivity contribution in [3.63, 3.8) is 0 Å². The largest absolute Gasteiger partial charge is 0.367 e. The number of nitrogens with two attached hydrogens (primary N) is 1. The van der Waals surface area contributed by atoms with Gasteiger partial charge in [0.15, 0.2) is 6.10 Å². The molecule has 0 bridgehead atoms. The monoisotopic (exact) mass is 436 g/mol. The fourth-order valence-corrected chi connectivity index (χ4v) is 5.13. The van der Waals surface area contributed by atoms with E-state index >= 15 is 0 Å². The van der Waals surface area contributed by atoms with E-state index < -0.39 is 17.6 Å². The number of piperidine rings is 1. The van der Waals surface area contributed by atoms with Crippen molar-refractivity contribution in [3.8, 4) is 5.69 Å². The molecule has 1 saturated heterocycles. The molecular formula is C24H25ClN4O2. The maximum Gasteiger partial charge on any atom is 0.251 e. The molecule has 2 N–H and O–H groups in total. The summed E-state index contributed by atoms with van der Waals surface area (Å²) in [6, 6.07) is 16.0. The Morgan fingerprint density at radius 1 is 1.29 bits per heavy atom. The second kappa shape index (κ2) is 7.79. The fraction of sp³-hybridized carbons (Fsp3) is 0.333. The van der Waals surface area contributed by atoms with Crippen LogP contribution in [0.5, 0.6) is 0 Å². The number of amides is 1. The Bertz CT molecular complexity index is 1120. The summed E-state index contributed by atoms with van der Waals surface area (Å²) in [5, 5.41) is 5.16. The number of para-hydroxylation sites is 1. The zero-order valence-corrected chi connectivity index (χ0v) is 18.1. The third-order valence-electron chi connectivity index (χ3n) is 6.48. The van der Waals surface area contributed by atoms with Gasteiger partial charge in [-0.25, -0.2) is 4.68 Å². The van der Waals surface area contributed by atoms with Crippen molar-refractivity contribution < 1.29 is 9.53 Å². The minimum atomic E-state index is -0.713. The third-order valence-corrected chi connectivity index (χ3v) is 6.72. The van der Waals surface area contributed by atoms with Gasteiger partial charge in [0.2, 0.25) is 0 Å². The van der Waals surface area contributed by atoms with Crippen LogP contribution >= 0.6 is 11.6 Å². The number of hydrogen-bond donors (Lipinski definition) is 1. The topological polar surface area (TPSA) is 73.4 Å². The third kappa shape index (κ3) is 3.65. The van der Waals surface area contributed by atoms with Crippen molar-refractivity contribution in [1.29, 1.82) is 0 Å². The molecule has 160 valence electrons. The summed E-state index contributed by atoms with van der Waals surface area (Å²) in [4.78, 5) is 14.5. The standard InChI is InChI=1S/C24H25ClN4O2/c1-16-12-24(21-11-18(25)7-8-20(21)22(31-24)23(26)30)9-10-28(16)14-17-13-27-29(15-17)19-5-3-2-4-6-19/h2-8,11,13,15-16,22H,9-10,12,14H2,1H3,(H2,26,30)/t16-,22?,24?/m0/s1. The molecule has 2 aliphatic rings. The second-order valence-electron chi connectivity index (χ2n) is 8.53. The van der Waals surface area contributed by atoms with Gasteiger partial charge in [0.1, 0.15) is 0 Å². The molecule has 0 aliphatic carbocycles. The van der Waals surface area contributed by atoms with Gasteiger partial charge in [-0.05, 0) is 55.2 Å². The van der Waals surface area contributed by atoms with Crippen molar-refractivity contribution in [2.45, 2.75) is 44.1 Å². The maximum atomic E-state index is 12.0. The quantitative estimate of drug-likeness (QED) is 0.671. The molecule has 5 rings (SSSR count). The normalized spacial score (nSPS) is 25.6. The number of carbonyl (C=O) groups is 1. The van der Waals surface area contributed by atoms with Crippen LogP contribution in [0.3, 0.4) is 0 Å². The first-order valence-electron chi connectivity index (χ1n) is 10.6. The van der Waals surface area contributed by atoms with Crippen LogP contribution in [0.1, 0.15) is 42.6 Å². The van der Waals surface area contributed by atoms with Gasteiger partial charge in [-0.2, -0.15) is 5.10 Å². The number of likely N-dealkylation sites (tertiary alicyclic amines) is 1. The molecule has 2 aromatic carbocycles. The van der Waals surface area contributed by atoms with Crippen LogP contribution in [0.25, 0.3) is 5.69 Å². The number of primary amides is 1. The van der Waals surface area contributed by atoms with Crippen molar-refractivity contribution >= 4 is 17.5 Å². The number of fused-ring (bicyclic) bond motifs is 2. The first-order chi connectivity index (χ1) is 14.9. The van der Waals surface area contributed by atoms with Crippen LogP contribution in [0.15, 0.2) is 60.9 Å². The average Bonchev–Trinajstić information content (AvgIpc) is 3.34. The van der Waals surface area contributed by atoms with Gasteiger partial charge in [-0.1, -0.05) is 35.9 Å². The number of benzene rings is 2. The molecule has 2 aliphatic heterocycles. The van der Waals surface area contributed by atoms with Crippen molar-refractivity contribution in [1.82, 2.24) is 14.7 Å². The lowest BCUT2D eigenvalue weighted by Crippen LogP contribution is -2.47. The molecule has 3 atom stereocenters. The van der Waals surface area contributed by atoms with Gasteiger partial charge in [0.25, 0.3) is 5.91 Å². The van der Waals surface area contributed by atoms with Crippen molar-refractivity contribution in [2.24, 2.45) is 5.73 Å². The van der Waals surface area contributed by atoms with Crippen LogP contribution in [0.2, 0.25) is 5.02 Å². The van der Waals surface area contributed by atoms with E-state index in [0.29, 0.717) is 5.02 Å². The number of aromatic nitrogens is 2. The van der Waals surface area contributed by atoms with Crippen molar-refractivity contribution in [2.75, 3.05) is 6.54 Å². The van der Waals surface area contributed by atoms with E-state index in [2.05, 4.69) is 23.1 Å².